The summed E-state index contributed by atoms with van der Waals surface area (Å²) in [6, 6.07) is -0.0529. The summed E-state index contributed by atoms with van der Waals surface area (Å²) >= 11 is 0. The van der Waals surface area contributed by atoms with Crippen molar-refractivity contribution in [2.75, 3.05) is 20.1 Å². The summed E-state index contributed by atoms with van der Waals surface area (Å²) in [6.45, 7) is 2.32. The van der Waals surface area contributed by atoms with Gasteiger partial charge in [-0.2, -0.15) is 0 Å². The molecule has 0 radical (unpaired) electrons. The number of nitrogens with one attached hydrogen (secondary N) is 1. The first-order chi connectivity index (χ1) is 8.15. The first-order valence-electron chi connectivity index (χ1n) is 5.91. The lowest BCUT2D eigenvalue weighted by Gasteiger charge is -2.21. The van der Waals surface area contributed by atoms with Gasteiger partial charge in [0.1, 0.15) is 6.29 Å². The fraction of sp³-hybridized carbons (Fsp3) is 0.667. The van der Waals surface area contributed by atoms with Gasteiger partial charge in [-0.25, -0.2) is 4.79 Å². The zero-order valence-electron chi connectivity index (χ0n) is 10.6. The number of allylic oxidation sites excluding steroid dienone is 1. The average Bonchev–Trinajstić information content (AvgIpc) is 2.31. The molecule has 98 valence electrons. The Morgan fingerprint density at radius 3 is 2.71 bits per heavy atom. The number of carboxylic acid groups (broad SMARTS) is 1. The summed E-state index contributed by atoms with van der Waals surface area (Å²) < 4.78 is 0. The molecule has 5 nitrogen and oxygen atoms in total. The van der Waals surface area contributed by atoms with Crippen molar-refractivity contribution in [3.63, 3.8) is 0 Å². The highest BCUT2D eigenvalue weighted by Crippen LogP contribution is 1.99. The van der Waals surface area contributed by atoms with Gasteiger partial charge in [-0.05, 0) is 13.5 Å². The van der Waals surface area contributed by atoms with Gasteiger partial charge in [-0.3, -0.25) is 4.90 Å². The summed E-state index contributed by atoms with van der Waals surface area (Å²) in [5.41, 5.74) is 0. The van der Waals surface area contributed by atoms with Crippen LogP contribution in [0.2, 0.25) is 0 Å². The molecular weight excluding hydrogens is 220 g/mol. The highest BCUT2D eigenvalue weighted by molar-refractivity contribution is 5.69. The van der Waals surface area contributed by atoms with E-state index in [1.165, 1.54) is 0 Å². The molecule has 0 aliphatic rings. The van der Waals surface area contributed by atoms with Gasteiger partial charge in [-0.15, -0.1) is 0 Å². The van der Waals surface area contributed by atoms with E-state index in [-0.39, 0.29) is 19.1 Å². The molecule has 0 heterocycles. The predicted molar refractivity (Wildman–Crippen MR) is 67.2 cm³/mol. The molecule has 2 N–H and O–H groups in total. The van der Waals surface area contributed by atoms with Gasteiger partial charge in [0.05, 0.1) is 6.54 Å². The number of rotatable bonds is 9. The van der Waals surface area contributed by atoms with Crippen LogP contribution in [-0.4, -0.2) is 48.6 Å². The molecule has 0 aliphatic carbocycles. The van der Waals surface area contributed by atoms with Crippen molar-refractivity contribution in [3.8, 4) is 0 Å². The van der Waals surface area contributed by atoms with Crippen LogP contribution in [0, 0.1) is 0 Å². The van der Waals surface area contributed by atoms with E-state index >= 15 is 0 Å². The van der Waals surface area contributed by atoms with E-state index < -0.39 is 6.09 Å². The van der Waals surface area contributed by atoms with Gasteiger partial charge < -0.3 is 15.2 Å². The van der Waals surface area contributed by atoms with E-state index in [9.17, 15) is 9.59 Å². The molecule has 0 fully saturated rings. The number of hydrogen-bond acceptors (Lipinski definition) is 3. The van der Waals surface area contributed by atoms with E-state index in [1.54, 1.807) is 7.05 Å². The average molecular weight is 242 g/mol. The zero-order valence-corrected chi connectivity index (χ0v) is 10.6. The maximum absolute atomic E-state index is 10.8. The SMILES string of the molecule is CCCCC=CC(CN(CC=O)C(=O)O)NC. The standard InChI is InChI=1S/C12H22N2O3/c1-3-4-5-6-7-11(13-2)10-14(8-9-15)12(16)17/h6-7,9,11,13H,3-5,8,10H2,1-2H3,(H,16,17). The van der Waals surface area contributed by atoms with Crippen LogP contribution >= 0.6 is 0 Å². The van der Waals surface area contributed by atoms with Crippen LogP contribution in [0.15, 0.2) is 12.2 Å². The van der Waals surface area contributed by atoms with Gasteiger partial charge >= 0.3 is 6.09 Å². The molecule has 1 amide bonds. The van der Waals surface area contributed by atoms with Crippen LogP contribution in [0.5, 0.6) is 0 Å². The highest BCUT2D eigenvalue weighted by Gasteiger charge is 2.14. The second kappa shape index (κ2) is 9.84. The minimum absolute atomic E-state index is 0.0529. The van der Waals surface area contributed by atoms with Crippen molar-refractivity contribution in [2.45, 2.75) is 32.2 Å². The third-order valence-electron chi connectivity index (χ3n) is 2.45. The molecule has 5 heteroatoms. The lowest BCUT2D eigenvalue weighted by molar-refractivity contribution is -0.108. The number of amides is 1. The summed E-state index contributed by atoms with van der Waals surface area (Å²) in [7, 11) is 1.77. The van der Waals surface area contributed by atoms with E-state index in [0.29, 0.717) is 6.29 Å². The molecule has 0 saturated heterocycles. The molecule has 1 unspecified atom stereocenters. The van der Waals surface area contributed by atoms with E-state index in [0.717, 1.165) is 24.2 Å². The molecule has 0 saturated carbocycles. The van der Waals surface area contributed by atoms with Crippen molar-refractivity contribution in [3.05, 3.63) is 12.2 Å². The Morgan fingerprint density at radius 1 is 1.53 bits per heavy atom. The molecule has 0 aromatic carbocycles. The van der Waals surface area contributed by atoms with Gasteiger partial charge in [-0.1, -0.05) is 31.9 Å². The van der Waals surface area contributed by atoms with Crippen molar-refractivity contribution in [2.24, 2.45) is 0 Å². The zero-order chi connectivity index (χ0) is 13.1. The van der Waals surface area contributed by atoms with Gasteiger partial charge in [0, 0.05) is 12.6 Å². The van der Waals surface area contributed by atoms with Gasteiger partial charge in [0.15, 0.2) is 0 Å². The number of likely N-dealkylation sites (N-methyl/N-ethyl adjacent to an activating group) is 1. The van der Waals surface area contributed by atoms with Crippen LogP contribution in [0.25, 0.3) is 0 Å². The summed E-state index contributed by atoms with van der Waals surface area (Å²) in [6.07, 6.45) is 6.79. The molecule has 0 rings (SSSR count). The van der Waals surface area contributed by atoms with Crippen LogP contribution < -0.4 is 5.32 Å². The number of unbranched alkanes of at least 4 members (excludes halogenated alkanes) is 2. The Morgan fingerprint density at radius 2 is 2.24 bits per heavy atom. The molecule has 0 aliphatic heterocycles. The number of hydrogen-bond donors (Lipinski definition) is 2. The quantitative estimate of drug-likeness (QED) is 0.365. The monoisotopic (exact) mass is 242 g/mol. The van der Waals surface area contributed by atoms with E-state index in [1.807, 2.05) is 12.2 Å². The fourth-order valence-electron chi connectivity index (χ4n) is 1.39. The van der Waals surface area contributed by atoms with Crippen molar-refractivity contribution >= 4 is 12.4 Å². The Labute approximate surface area is 102 Å². The third kappa shape index (κ3) is 7.52. The van der Waals surface area contributed by atoms with Crippen LogP contribution in [0.3, 0.4) is 0 Å². The van der Waals surface area contributed by atoms with Crippen LogP contribution in [0.4, 0.5) is 4.79 Å². The van der Waals surface area contributed by atoms with Crippen molar-refractivity contribution in [1.29, 1.82) is 0 Å². The van der Waals surface area contributed by atoms with Gasteiger partial charge in [0.2, 0.25) is 0 Å². The minimum atomic E-state index is -1.07. The molecule has 0 aromatic rings. The second-order valence-electron chi connectivity index (χ2n) is 3.82. The maximum atomic E-state index is 10.8. The number of carbonyl (C=O) groups excluding carboxylic acids is 1. The highest BCUT2D eigenvalue weighted by atomic mass is 16.4. The number of aldehydes is 1. The van der Waals surface area contributed by atoms with E-state index in [2.05, 4.69) is 12.2 Å². The lowest BCUT2D eigenvalue weighted by atomic mass is 10.2. The predicted octanol–water partition coefficient (Wildman–Crippen LogP) is 1.50. The molecule has 0 bridgehead atoms. The van der Waals surface area contributed by atoms with E-state index in [4.69, 9.17) is 5.11 Å². The Bertz CT molecular complexity index is 254. The lowest BCUT2D eigenvalue weighted by Crippen LogP contribution is -2.41. The Hall–Kier alpha value is -1.36. The Kier molecular flexibility index (Phi) is 9.05. The first kappa shape index (κ1) is 15.6. The summed E-state index contributed by atoms with van der Waals surface area (Å²) in [4.78, 5) is 22.3. The molecule has 17 heavy (non-hydrogen) atoms. The normalized spacial score (nSPS) is 12.6. The summed E-state index contributed by atoms with van der Waals surface area (Å²) in [5, 5.41) is 11.9. The maximum Gasteiger partial charge on any atom is 0.407 e. The molecule has 0 aromatic heterocycles. The van der Waals surface area contributed by atoms with Crippen molar-refractivity contribution < 1.29 is 14.7 Å². The van der Waals surface area contributed by atoms with Crippen LogP contribution in [0.1, 0.15) is 26.2 Å². The summed E-state index contributed by atoms with van der Waals surface area (Å²) in [5.74, 6) is 0. The number of carbonyl (C=O) groups is 2. The molecule has 0 spiro atoms. The largest absolute Gasteiger partial charge is 0.465 e. The first-order valence-corrected chi connectivity index (χ1v) is 5.91. The molecule has 1 atom stereocenters. The minimum Gasteiger partial charge on any atom is -0.465 e. The third-order valence-corrected chi connectivity index (χ3v) is 2.45. The van der Waals surface area contributed by atoms with Crippen molar-refractivity contribution in [1.82, 2.24) is 10.2 Å². The fourth-order valence-corrected chi connectivity index (χ4v) is 1.39. The topological polar surface area (TPSA) is 69.6 Å². The smallest absolute Gasteiger partial charge is 0.407 e. The van der Waals surface area contributed by atoms with Gasteiger partial charge in [0.25, 0.3) is 0 Å². The Balaban J connectivity index is 4.20. The number of nitrogens with zero attached hydrogens (tertiary/aromatic N) is 1. The molecular formula is C12H22N2O3. The van der Waals surface area contributed by atoms with Crippen LogP contribution in [-0.2, 0) is 4.79 Å². The second-order valence-corrected chi connectivity index (χ2v) is 3.82.